The number of carbonyl (C=O) groups is 1. The van der Waals surface area contributed by atoms with Crippen LogP contribution in [0.4, 0.5) is 0 Å². The molecule has 0 unspecified atom stereocenters. The van der Waals surface area contributed by atoms with Crippen LogP contribution in [0.25, 0.3) is 0 Å². The van der Waals surface area contributed by atoms with Crippen molar-refractivity contribution in [2.45, 2.75) is 26.7 Å². The minimum atomic E-state index is 0.158. The number of nitrogens with one attached hydrogen (secondary N) is 1. The minimum absolute atomic E-state index is 0.158. The highest BCUT2D eigenvalue weighted by molar-refractivity contribution is 7.11. The van der Waals surface area contributed by atoms with Crippen LogP contribution in [-0.2, 0) is 12.8 Å². The zero-order chi connectivity index (χ0) is 14.5. The van der Waals surface area contributed by atoms with Gasteiger partial charge in [0.1, 0.15) is 5.01 Å². The molecule has 2 rings (SSSR count). The zero-order valence-electron chi connectivity index (χ0n) is 12.2. The van der Waals surface area contributed by atoms with Gasteiger partial charge in [-0.15, -0.1) is 11.3 Å². The smallest absolute Gasteiger partial charge is 0.169 e. The summed E-state index contributed by atoms with van der Waals surface area (Å²) in [6.45, 7) is 4.91. The fourth-order valence-electron chi connectivity index (χ4n) is 2.12. The molecule has 1 N–H and O–H groups in total. The van der Waals surface area contributed by atoms with Gasteiger partial charge in [0, 0.05) is 10.4 Å². The molecule has 1 aromatic carbocycles. The standard InChI is InChI=1S/C16H20N2OS/c1-11-12(2)20-16(18-11)10-15(19)14-7-5-4-6-13(14)8-9-17-3/h4-7,17H,8-10H2,1-3H3. The Bertz CT molecular complexity index is 585. The Hall–Kier alpha value is -1.52. The molecule has 2 aromatic rings. The van der Waals surface area contributed by atoms with Gasteiger partial charge < -0.3 is 5.32 Å². The van der Waals surface area contributed by atoms with Gasteiger partial charge in [-0.3, -0.25) is 4.79 Å². The summed E-state index contributed by atoms with van der Waals surface area (Å²) < 4.78 is 0. The van der Waals surface area contributed by atoms with Gasteiger partial charge in [-0.05, 0) is 39.4 Å². The molecule has 0 fully saturated rings. The average molecular weight is 288 g/mol. The predicted octanol–water partition coefficient (Wildman–Crippen LogP) is 2.95. The number of aromatic nitrogens is 1. The average Bonchev–Trinajstić information content (AvgIpc) is 2.75. The lowest BCUT2D eigenvalue weighted by atomic mass is 9.99. The molecule has 1 heterocycles. The number of ketones is 1. The molecule has 0 atom stereocenters. The van der Waals surface area contributed by atoms with Crippen molar-refractivity contribution < 1.29 is 4.79 Å². The van der Waals surface area contributed by atoms with Gasteiger partial charge in [-0.1, -0.05) is 24.3 Å². The third-order valence-electron chi connectivity index (χ3n) is 3.35. The Morgan fingerprint density at radius 2 is 2.05 bits per heavy atom. The Labute approximate surface area is 124 Å². The van der Waals surface area contributed by atoms with Crippen molar-refractivity contribution >= 4 is 17.1 Å². The second-order valence-electron chi connectivity index (χ2n) is 4.86. The zero-order valence-corrected chi connectivity index (χ0v) is 13.0. The predicted molar refractivity (Wildman–Crippen MR) is 83.7 cm³/mol. The van der Waals surface area contributed by atoms with E-state index in [0.29, 0.717) is 6.42 Å². The molecule has 0 bridgehead atoms. The van der Waals surface area contributed by atoms with Crippen LogP contribution < -0.4 is 5.32 Å². The van der Waals surface area contributed by atoms with Crippen molar-refractivity contribution in [2.75, 3.05) is 13.6 Å². The van der Waals surface area contributed by atoms with E-state index in [-0.39, 0.29) is 5.78 Å². The largest absolute Gasteiger partial charge is 0.319 e. The molecule has 0 aliphatic rings. The summed E-state index contributed by atoms with van der Waals surface area (Å²) in [6, 6.07) is 7.86. The van der Waals surface area contributed by atoms with Crippen LogP contribution in [0.1, 0.15) is 31.5 Å². The summed E-state index contributed by atoms with van der Waals surface area (Å²) in [6.07, 6.45) is 1.27. The first-order chi connectivity index (χ1) is 9.61. The highest BCUT2D eigenvalue weighted by atomic mass is 32.1. The molecule has 0 saturated carbocycles. The van der Waals surface area contributed by atoms with E-state index in [1.807, 2.05) is 45.2 Å². The van der Waals surface area contributed by atoms with Crippen LogP contribution in [0.5, 0.6) is 0 Å². The Morgan fingerprint density at radius 3 is 2.70 bits per heavy atom. The van der Waals surface area contributed by atoms with Crippen LogP contribution in [0.15, 0.2) is 24.3 Å². The maximum Gasteiger partial charge on any atom is 0.169 e. The summed E-state index contributed by atoms with van der Waals surface area (Å²) in [5.41, 5.74) is 2.96. The van der Waals surface area contributed by atoms with Crippen molar-refractivity contribution in [2.24, 2.45) is 0 Å². The first kappa shape index (κ1) is 14.9. The van der Waals surface area contributed by atoms with Crippen molar-refractivity contribution in [3.05, 3.63) is 51.0 Å². The molecule has 0 radical (unpaired) electrons. The molecular formula is C16H20N2OS. The van der Waals surface area contributed by atoms with Crippen molar-refractivity contribution in [3.63, 3.8) is 0 Å². The SMILES string of the molecule is CNCCc1ccccc1C(=O)Cc1nc(C)c(C)s1. The number of benzene rings is 1. The van der Waals surface area contributed by atoms with E-state index in [1.54, 1.807) is 11.3 Å². The molecule has 0 amide bonds. The molecule has 4 heteroatoms. The second-order valence-corrected chi connectivity index (χ2v) is 6.15. The lowest BCUT2D eigenvalue weighted by Gasteiger charge is -2.07. The Balaban J connectivity index is 2.16. The molecule has 0 aliphatic carbocycles. The molecule has 0 spiro atoms. The van der Waals surface area contributed by atoms with Gasteiger partial charge in [0.25, 0.3) is 0 Å². The minimum Gasteiger partial charge on any atom is -0.319 e. The summed E-state index contributed by atoms with van der Waals surface area (Å²) in [4.78, 5) is 18.1. The highest BCUT2D eigenvalue weighted by Crippen LogP contribution is 2.19. The Morgan fingerprint density at radius 1 is 1.30 bits per heavy atom. The summed E-state index contributed by atoms with van der Waals surface area (Å²) in [7, 11) is 1.92. The van der Waals surface area contributed by atoms with E-state index in [0.717, 1.165) is 34.8 Å². The van der Waals surface area contributed by atoms with E-state index >= 15 is 0 Å². The third kappa shape index (κ3) is 3.52. The number of likely N-dealkylation sites (N-methyl/N-ethyl adjacent to an activating group) is 1. The number of hydrogen-bond donors (Lipinski definition) is 1. The molecule has 1 aromatic heterocycles. The fraction of sp³-hybridized carbons (Fsp3) is 0.375. The van der Waals surface area contributed by atoms with Crippen LogP contribution in [-0.4, -0.2) is 24.4 Å². The topological polar surface area (TPSA) is 42.0 Å². The van der Waals surface area contributed by atoms with Gasteiger partial charge >= 0.3 is 0 Å². The quantitative estimate of drug-likeness (QED) is 0.831. The number of thiazole rings is 1. The van der Waals surface area contributed by atoms with E-state index < -0.39 is 0 Å². The second kappa shape index (κ2) is 6.77. The number of hydrogen-bond acceptors (Lipinski definition) is 4. The number of nitrogens with zero attached hydrogens (tertiary/aromatic N) is 1. The highest BCUT2D eigenvalue weighted by Gasteiger charge is 2.14. The van der Waals surface area contributed by atoms with Crippen LogP contribution in [0.2, 0.25) is 0 Å². The number of rotatable bonds is 6. The van der Waals surface area contributed by atoms with Gasteiger partial charge in [-0.25, -0.2) is 4.98 Å². The van der Waals surface area contributed by atoms with Crippen molar-refractivity contribution in [1.29, 1.82) is 0 Å². The van der Waals surface area contributed by atoms with Gasteiger partial charge in [-0.2, -0.15) is 0 Å². The monoisotopic (exact) mass is 288 g/mol. The maximum atomic E-state index is 12.5. The van der Waals surface area contributed by atoms with Gasteiger partial charge in [0.05, 0.1) is 12.1 Å². The van der Waals surface area contributed by atoms with E-state index in [1.165, 1.54) is 4.88 Å². The Kier molecular flexibility index (Phi) is 5.04. The lowest BCUT2D eigenvalue weighted by molar-refractivity contribution is 0.0992. The van der Waals surface area contributed by atoms with Crippen molar-refractivity contribution in [3.8, 4) is 0 Å². The number of aryl methyl sites for hydroxylation is 2. The van der Waals surface area contributed by atoms with Crippen molar-refractivity contribution in [1.82, 2.24) is 10.3 Å². The summed E-state index contributed by atoms with van der Waals surface area (Å²) >= 11 is 1.62. The molecule has 106 valence electrons. The first-order valence-corrected chi connectivity index (χ1v) is 7.62. The van der Waals surface area contributed by atoms with E-state index in [2.05, 4.69) is 10.3 Å². The maximum absolute atomic E-state index is 12.5. The fourth-order valence-corrected chi connectivity index (χ4v) is 3.05. The number of carbonyl (C=O) groups excluding carboxylic acids is 1. The van der Waals surface area contributed by atoms with E-state index in [9.17, 15) is 4.79 Å². The molecule has 3 nitrogen and oxygen atoms in total. The summed E-state index contributed by atoms with van der Waals surface area (Å²) in [5.74, 6) is 0.158. The summed E-state index contributed by atoms with van der Waals surface area (Å²) in [5, 5.41) is 4.03. The molecule has 20 heavy (non-hydrogen) atoms. The van der Waals surface area contributed by atoms with Crippen LogP contribution >= 0.6 is 11.3 Å². The van der Waals surface area contributed by atoms with Crippen LogP contribution in [0.3, 0.4) is 0 Å². The lowest BCUT2D eigenvalue weighted by Crippen LogP contribution is -2.14. The third-order valence-corrected chi connectivity index (χ3v) is 4.42. The normalized spacial score (nSPS) is 10.8. The molecule has 0 saturated heterocycles. The molecule has 0 aliphatic heterocycles. The first-order valence-electron chi connectivity index (χ1n) is 6.80. The molecular weight excluding hydrogens is 268 g/mol. The van der Waals surface area contributed by atoms with E-state index in [4.69, 9.17) is 0 Å². The number of Topliss-reactive ketones (excluding diaryl/α,β-unsaturated/α-hetero) is 1. The van der Waals surface area contributed by atoms with Gasteiger partial charge in [0.2, 0.25) is 0 Å². The van der Waals surface area contributed by atoms with Crippen LogP contribution in [0, 0.1) is 13.8 Å². The van der Waals surface area contributed by atoms with Gasteiger partial charge in [0.15, 0.2) is 5.78 Å².